The molecule has 1 saturated heterocycles. The third-order valence-electron chi connectivity index (χ3n) is 4.57. The SMILES string of the molecule is O=C(NCCc1nc2c(s1)CCCC2)N1CCCC(CO)C1. The highest BCUT2D eigenvalue weighted by molar-refractivity contribution is 7.11. The quantitative estimate of drug-likeness (QED) is 0.890. The minimum atomic E-state index is -0.000491. The molecular weight excluding hydrogens is 298 g/mol. The van der Waals surface area contributed by atoms with E-state index >= 15 is 0 Å². The number of thiazole rings is 1. The first-order valence-electron chi connectivity index (χ1n) is 8.37. The van der Waals surface area contributed by atoms with Crippen molar-refractivity contribution in [3.05, 3.63) is 15.6 Å². The Morgan fingerprint density at radius 3 is 3.05 bits per heavy atom. The average Bonchev–Trinajstić information content (AvgIpc) is 2.97. The molecule has 0 aromatic carbocycles. The summed E-state index contributed by atoms with van der Waals surface area (Å²) in [6, 6.07) is -0.000491. The zero-order valence-corrected chi connectivity index (χ0v) is 13.8. The molecule has 0 spiro atoms. The Morgan fingerprint density at radius 2 is 2.23 bits per heavy atom. The number of carbonyl (C=O) groups excluding carboxylic acids is 1. The van der Waals surface area contributed by atoms with Crippen LogP contribution < -0.4 is 5.32 Å². The zero-order chi connectivity index (χ0) is 15.4. The summed E-state index contributed by atoms with van der Waals surface area (Å²) in [6.45, 7) is 2.29. The molecule has 0 bridgehead atoms. The van der Waals surface area contributed by atoms with Crippen LogP contribution in [0.2, 0.25) is 0 Å². The lowest BCUT2D eigenvalue weighted by Gasteiger charge is -2.31. The van der Waals surface area contributed by atoms with E-state index in [1.54, 1.807) is 0 Å². The number of aliphatic hydroxyl groups excluding tert-OH is 1. The maximum Gasteiger partial charge on any atom is 0.317 e. The van der Waals surface area contributed by atoms with Crippen molar-refractivity contribution in [1.29, 1.82) is 0 Å². The van der Waals surface area contributed by atoms with Crippen molar-refractivity contribution in [2.45, 2.75) is 44.9 Å². The van der Waals surface area contributed by atoms with E-state index in [2.05, 4.69) is 5.32 Å². The molecule has 1 aromatic heterocycles. The van der Waals surface area contributed by atoms with Crippen LogP contribution in [0.5, 0.6) is 0 Å². The molecule has 1 unspecified atom stereocenters. The lowest BCUT2D eigenvalue weighted by Crippen LogP contribution is -2.46. The molecule has 3 rings (SSSR count). The molecule has 1 aliphatic heterocycles. The molecule has 1 aliphatic carbocycles. The topological polar surface area (TPSA) is 65.5 Å². The van der Waals surface area contributed by atoms with Crippen LogP contribution in [0.25, 0.3) is 0 Å². The van der Waals surface area contributed by atoms with E-state index in [1.807, 2.05) is 16.2 Å². The van der Waals surface area contributed by atoms with Gasteiger partial charge in [0.2, 0.25) is 0 Å². The first kappa shape index (κ1) is 15.7. The number of rotatable bonds is 4. The van der Waals surface area contributed by atoms with Gasteiger partial charge in [-0.3, -0.25) is 0 Å². The van der Waals surface area contributed by atoms with Crippen molar-refractivity contribution in [1.82, 2.24) is 15.2 Å². The summed E-state index contributed by atoms with van der Waals surface area (Å²) in [4.78, 5) is 20.2. The van der Waals surface area contributed by atoms with Crippen molar-refractivity contribution in [2.24, 2.45) is 5.92 Å². The molecule has 6 heteroatoms. The molecule has 1 atom stereocenters. The summed E-state index contributed by atoms with van der Waals surface area (Å²) in [5.74, 6) is 0.241. The summed E-state index contributed by atoms with van der Waals surface area (Å²) in [5, 5.41) is 13.4. The highest BCUT2D eigenvalue weighted by Gasteiger charge is 2.23. The fourth-order valence-electron chi connectivity index (χ4n) is 3.30. The predicted octanol–water partition coefficient (Wildman–Crippen LogP) is 1.98. The van der Waals surface area contributed by atoms with Crippen molar-refractivity contribution in [3.8, 4) is 0 Å². The number of nitrogens with one attached hydrogen (secondary N) is 1. The molecule has 2 N–H and O–H groups in total. The molecule has 2 heterocycles. The van der Waals surface area contributed by atoms with Crippen LogP contribution in [-0.2, 0) is 19.3 Å². The van der Waals surface area contributed by atoms with Crippen LogP contribution in [-0.4, -0.2) is 47.3 Å². The second-order valence-corrected chi connectivity index (χ2v) is 7.47. The molecule has 22 heavy (non-hydrogen) atoms. The number of hydrogen-bond donors (Lipinski definition) is 2. The number of piperidine rings is 1. The van der Waals surface area contributed by atoms with Crippen LogP contribution in [0.15, 0.2) is 0 Å². The lowest BCUT2D eigenvalue weighted by atomic mass is 9.99. The Bertz CT molecular complexity index is 494. The summed E-state index contributed by atoms with van der Waals surface area (Å²) < 4.78 is 0. The van der Waals surface area contributed by atoms with Crippen molar-refractivity contribution in [2.75, 3.05) is 26.2 Å². The molecule has 2 aliphatic rings. The first-order valence-corrected chi connectivity index (χ1v) is 9.19. The second kappa shape index (κ2) is 7.42. The molecule has 2 amide bonds. The molecule has 1 fully saturated rings. The minimum absolute atomic E-state index is 0.000491. The summed E-state index contributed by atoms with van der Waals surface area (Å²) >= 11 is 1.82. The van der Waals surface area contributed by atoms with Crippen LogP contribution in [0.1, 0.15) is 41.3 Å². The Kier molecular flexibility index (Phi) is 5.31. The van der Waals surface area contributed by atoms with Crippen LogP contribution in [0, 0.1) is 5.92 Å². The highest BCUT2D eigenvalue weighted by Crippen LogP contribution is 2.26. The summed E-state index contributed by atoms with van der Waals surface area (Å²) in [7, 11) is 0. The van der Waals surface area contributed by atoms with Gasteiger partial charge in [-0.2, -0.15) is 0 Å². The van der Waals surface area contributed by atoms with E-state index in [4.69, 9.17) is 4.98 Å². The van der Waals surface area contributed by atoms with Crippen molar-refractivity contribution < 1.29 is 9.90 Å². The maximum atomic E-state index is 12.2. The van der Waals surface area contributed by atoms with Gasteiger partial charge in [-0.15, -0.1) is 11.3 Å². The van der Waals surface area contributed by atoms with E-state index < -0.39 is 0 Å². The van der Waals surface area contributed by atoms with Gasteiger partial charge < -0.3 is 15.3 Å². The van der Waals surface area contributed by atoms with Gasteiger partial charge in [-0.25, -0.2) is 9.78 Å². The number of fused-ring (bicyclic) bond motifs is 1. The van der Waals surface area contributed by atoms with Crippen LogP contribution in [0.4, 0.5) is 4.79 Å². The second-order valence-electron chi connectivity index (χ2n) is 6.30. The van der Waals surface area contributed by atoms with Gasteiger partial charge in [0, 0.05) is 37.5 Å². The number of aromatic nitrogens is 1. The fraction of sp³-hybridized carbons (Fsp3) is 0.750. The smallest absolute Gasteiger partial charge is 0.317 e. The highest BCUT2D eigenvalue weighted by atomic mass is 32.1. The Hall–Kier alpha value is -1.14. The normalized spacial score (nSPS) is 21.5. The molecule has 122 valence electrons. The van der Waals surface area contributed by atoms with Gasteiger partial charge in [0.15, 0.2) is 0 Å². The monoisotopic (exact) mass is 323 g/mol. The van der Waals surface area contributed by atoms with Crippen molar-refractivity contribution >= 4 is 17.4 Å². The molecule has 1 aromatic rings. The van der Waals surface area contributed by atoms with Gasteiger partial charge >= 0.3 is 6.03 Å². The summed E-state index contributed by atoms with van der Waals surface area (Å²) in [6.07, 6.45) is 7.66. The molecule has 0 saturated carbocycles. The standard InChI is InChI=1S/C16H25N3O2S/c20-11-12-4-3-9-19(10-12)16(21)17-8-7-15-18-13-5-1-2-6-14(13)22-15/h12,20H,1-11H2,(H,17,21). The number of urea groups is 1. The molecule has 0 radical (unpaired) electrons. The maximum absolute atomic E-state index is 12.2. The zero-order valence-electron chi connectivity index (χ0n) is 13.0. The van der Waals surface area contributed by atoms with Crippen LogP contribution >= 0.6 is 11.3 Å². The Morgan fingerprint density at radius 1 is 1.36 bits per heavy atom. The number of nitrogens with zero attached hydrogens (tertiary/aromatic N) is 2. The molecule has 5 nitrogen and oxygen atoms in total. The average molecular weight is 323 g/mol. The summed E-state index contributed by atoms with van der Waals surface area (Å²) in [5.41, 5.74) is 1.29. The minimum Gasteiger partial charge on any atom is -0.396 e. The van der Waals surface area contributed by atoms with E-state index in [0.29, 0.717) is 13.1 Å². The van der Waals surface area contributed by atoms with Crippen LogP contribution in [0.3, 0.4) is 0 Å². The number of hydrogen-bond acceptors (Lipinski definition) is 4. The van der Waals surface area contributed by atoms with Gasteiger partial charge in [0.05, 0.1) is 10.7 Å². The van der Waals surface area contributed by atoms with Gasteiger partial charge in [0.1, 0.15) is 0 Å². The van der Waals surface area contributed by atoms with E-state index in [1.165, 1.54) is 29.8 Å². The van der Waals surface area contributed by atoms with Gasteiger partial charge in [0.25, 0.3) is 0 Å². The van der Waals surface area contributed by atoms with E-state index in [0.717, 1.165) is 37.2 Å². The van der Waals surface area contributed by atoms with E-state index in [-0.39, 0.29) is 18.6 Å². The van der Waals surface area contributed by atoms with Gasteiger partial charge in [-0.05, 0) is 44.4 Å². The van der Waals surface area contributed by atoms with Gasteiger partial charge in [-0.1, -0.05) is 0 Å². The lowest BCUT2D eigenvalue weighted by molar-refractivity contribution is 0.129. The number of likely N-dealkylation sites (tertiary alicyclic amines) is 1. The fourth-order valence-corrected chi connectivity index (χ4v) is 4.46. The van der Waals surface area contributed by atoms with Crippen molar-refractivity contribution in [3.63, 3.8) is 0 Å². The third kappa shape index (κ3) is 3.79. The predicted molar refractivity (Wildman–Crippen MR) is 87.2 cm³/mol. The molecular formula is C16H25N3O2S. The number of carbonyl (C=O) groups is 1. The third-order valence-corrected chi connectivity index (χ3v) is 5.79. The number of aryl methyl sites for hydroxylation is 2. The van der Waals surface area contributed by atoms with E-state index in [9.17, 15) is 9.90 Å². The number of aliphatic hydroxyl groups is 1. The Labute approximate surface area is 135 Å². The Balaban J connectivity index is 1.44. The first-order chi connectivity index (χ1) is 10.8. The largest absolute Gasteiger partial charge is 0.396 e. The number of amides is 2.